The number of nitrogens with one attached hydrogen (secondary N) is 1. The first-order valence-corrected chi connectivity index (χ1v) is 5.49. The van der Waals surface area contributed by atoms with Crippen LogP contribution < -0.4 is 5.32 Å². The van der Waals surface area contributed by atoms with E-state index in [-0.39, 0.29) is 5.54 Å². The maximum atomic E-state index is 5.88. The molecule has 14 heavy (non-hydrogen) atoms. The molecule has 0 atom stereocenters. The van der Waals surface area contributed by atoms with Crippen LogP contribution in [0.3, 0.4) is 0 Å². The summed E-state index contributed by atoms with van der Waals surface area (Å²) in [4.78, 5) is 4.16. The molecule has 0 saturated heterocycles. The highest BCUT2D eigenvalue weighted by Gasteiger charge is 2.40. The molecule has 2 nitrogen and oxygen atoms in total. The molecule has 1 fully saturated rings. The van der Waals surface area contributed by atoms with E-state index in [0.717, 1.165) is 6.54 Å². The summed E-state index contributed by atoms with van der Waals surface area (Å²) in [6.45, 7) is 2.94. The van der Waals surface area contributed by atoms with Crippen LogP contribution in [-0.2, 0) is 6.54 Å². The molecular weight excluding hydrogens is 196 g/mol. The summed E-state index contributed by atoms with van der Waals surface area (Å²) in [6.07, 6.45) is 6.19. The summed E-state index contributed by atoms with van der Waals surface area (Å²) in [5, 5.41) is 3.49. The minimum Gasteiger partial charge on any atom is -0.306 e. The Labute approximate surface area is 89.7 Å². The molecule has 0 aromatic carbocycles. The Bertz CT molecular complexity index is 321. The molecule has 0 aliphatic heterocycles. The first kappa shape index (κ1) is 9.94. The zero-order valence-corrected chi connectivity index (χ0v) is 9.14. The molecule has 0 radical (unpaired) electrons. The van der Waals surface area contributed by atoms with E-state index in [4.69, 9.17) is 11.6 Å². The normalized spacial score (nSPS) is 18.1. The lowest BCUT2D eigenvalue weighted by atomic mass is 10.2. The lowest BCUT2D eigenvalue weighted by Gasteiger charge is -2.13. The predicted octanol–water partition coefficient (Wildman–Crippen LogP) is 2.25. The Kier molecular flexibility index (Phi) is 2.75. The van der Waals surface area contributed by atoms with Crippen LogP contribution >= 0.6 is 11.6 Å². The van der Waals surface area contributed by atoms with E-state index >= 15 is 0 Å². The van der Waals surface area contributed by atoms with Crippen LogP contribution in [0.15, 0.2) is 18.5 Å². The molecule has 0 bridgehead atoms. The lowest BCUT2D eigenvalue weighted by Crippen LogP contribution is -2.32. The van der Waals surface area contributed by atoms with Gasteiger partial charge in [-0.05, 0) is 30.9 Å². The van der Waals surface area contributed by atoms with Gasteiger partial charge >= 0.3 is 0 Å². The molecule has 1 aliphatic rings. The summed E-state index contributed by atoms with van der Waals surface area (Å²) < 4.78 is 0. The third kappa shape index (κ3) is 2.25. The summed E-state index contributed by atoms with van der Waals surface area (Å²) >= 11 is 5.88. The molecule has 2 rings (SSSR count). The van der Waals surface area contributed by atoms with Gasteiger partial charge in [-0.1, -0.05) is 6.07 Å². The van der Waals surface area contributed by atoms with Gasteiger partial charge in [0.25, 0.3) is 0 Å². The Morgan fingerprint density at radius 2 is 2.29 bits per heavy atom. The highest BCUT2D eigenvalue weighted by atomic mass is 35.5. The van der Waals surface area contributed by atoms with Crippen molar-refractivity contribution in [1.29, 1.82) is 0 Å². The summed E-state index contributed by atoms with van der Waals surface area (Å²) in [5.41, 5.74) is 2.67. The third-order valence-corrected chi connectivity index (χ3v) is 3.22. The van der Waals surface area contributed by atoms with Gasteiger partial charge in [-0.3, -0.25) is 4.98 Å². The van der Waals surface area contributed by atoms with Gasteiger partial charge in [0, 0.05) is 30.4 Å². The average Bonchev–Trinajstić information content (AvgIpc) is 2.96. The maximum absolute atomic E-state index is 5.88. The Balaban J connectivity index is 1.92. The highest BCUT2D eigenvalue weighted by molar-refractivity contribution is 6.18. The number of alkyl halides is 1. The fourth-order valence-corrected chi connectivity index (χ4v) is 1.87. The van der Waals surface area contributed by atoms with E-state index in [2.05, 4.69) is 23.3 Å². The minimum absolute atomic E-state index is 0.227. The number of pyridine rings is 1. The van der Waals surface area contributed by atoms with Gasteiger partial charge in [-0.2, -0.15) is 0 Å². The standard InChI is InChI=1S/C11H15ClN2/c1-9-4-10(6-13-5-9)7-14-11(8-12)2-3-11/h4-6,14H,2-3,7-8H2,1H3. The first-order chi connectivity index (χ1) is 6.74. The highest BCUT2D eigenvalue weighted by Crippen LogP contribution is 2.36. The van der Waals surface area contributed by atoms with Crippen molar-refractivity contribution < 1.29 is 0 Å². The first-order valence-electron chi connectivity index (χ1n) is 4.96. The second-order valence-electron chi connectivity index (χ2n) is 4.14. The van der Waals surface area contributed by atoms with Crippen LogP contribution in [0.4, 0.5) is 0 Å². The van der Waals surface area contributed by atoms with Crippen molar-refractivity contribution in [1.82, 2.24) is 10.3 Å². The molecule has 0 unspecified atom stereocenters. The SMILES string of the molecule is Cc1cncc(CNC2(CCl)CC2)c1. The quantitative estimate of drug-likeness (QED) is 0.772. The molecule has 0 amide bonds. The molecule has 1 aromatic rings. The van der Waals surface area contributed by atoms with Gasteiger partial charge < -0.3 is 5.32 Å². The number of hydrogen-bond acceptors (Lipinski definition) is 2. The van der Waals surface area contributed by atoms with Gasteiger partial charge in [0.1, 0.15) is 0 Å². The number of aryl methyl sites for hydroxylation is 1. The molecule has 1 saturated carbocycles. The minimum atomic E-state index is 0.227. The number of hydrogen-bond donors (Lipinski definition) is 1. The van der Waals surface area contributed by atoms with Gasteiger partial charge in [-0.15, -0.1) is 11.6 Å². The van der Waals surface area contributed by atoms with Gasteiger partial charge in [0.05, 0.1) is 0 Å². The van der Waals surface area contributed by atoms with Gasteiger partial charge in [0.15, 0.2) is 0 Å². The molecule has 1 heterocycles. The number of nitrogens with zero attached hydrogens (tertiary/aromatic N) is 1. The summed E-state index contributed by atoms with van der Waals surface area (Å²) in [5.74, 6) is 0.715. The summed E-state index contributed by atoms with van der Waals surface area (Å²) in [7, 11) is 0. The number of halogens is 1. The van der Waals surface area contributed by atoms with Crippen LogP contribution in [0.5, 0.6) is 0 Å². The number of rotatable bonds is 4. The van der Waals surface area contributed by atoms with Crippen molar-refractivity contribution in [3.63, 3.8) is 0 Å². The second kappa shape index (κ2) is 3.87. The lowest BCUT2D eigenvalue weighted by molar-refractivity contribution is 0.542. The molecular formula is C11H15ClN2. The zero-order valence-electron chi connectivity index (χ0n) is 8.39. The van der Waals surface area contributed by atoms with Crippen LogP contribution in [-0.4, -0.2) is 16.4 Å². The van der Waals surface area contributed by atoms with E-state index in [0.29, 0.717) is 5.88 Å². The van der Waals surface area contributed by atoms with Crippen molar-refractivity contribution in [2.75, 3.05) is 5.88 Å². The Morgan fingerprint density at radius 1 is 1.50 bits per heavy atom. The Morgan fingerprint density at radius 3 is 2.86 bits per heavy atom. The predicted molar refractivity (Wildman–Crippen MR) is 58.5 cm³/mol. The molecule has 1 N–H and O–H groups in total. The van der Waals surface area contributed by atoms with Crippen molar-refractivity contribution >= 4 is 11.6 Å². The number of aromatic nitrogens is 1. The molecule has 1 aromatic heterocycles. The van der Waals surface area contributed by atoms with Gasteiger partial charge in [0.2, 0.25) is 0 Å². The van der Waals surface area contributed by atoms with Crippen LogP contribution in [0, 0.1) is 6.92 Å². The maximum Gasteiger partial charge on any atom is 0.0406 e. The van der Waals surface area contributed by atoms with Crippen LogP contribution in [0.1, 0.15) is 24.0 Å². The van der Waals surface area contributed by atoms with E-state index < -0.39 is 0 Å². The van der Waals surface area contributed by atoms with Crippen molar-refractivity contribution in [3.05, 3.63) is 29.6 Å². The molecule has 3 heteroatoms. The molecule has 0 spiro atoms. The topological polar surface area (TPSA) is 24.9 Å². The van der Waals surface area contributed by atoms with E-state index in [1.54, 1.807) is 0 Å². The van der Waals surface area contributed by atoms with Crippen molar-refractivity contribution in [2.45, 2.75) is 31.8 Å². The summed E-state index contributed by atoms with van der Waals surface area (Å²) in [6, 6.07) is 2.16. The second-order valence-corrected chi connectivity index (χ2v) is 4.41. The Hall–Kier alpha value is -0.600. The van der Waals surface area contributed by atoms with Crippen molar-refractivity contribution in [2.24, 2.45) is 0 Å². The average molecular weight is 211 g/mol. The van der Waals surface area contributed by atoms with E-state index in [9.17, 15) is 0 Å². The smallest absolute Gasteiger partial charge is 0.0406 e. The zero-order chi connectivity index (χ0) is 10.0. The fourth-order valence-electron chi connectivity index (χ4n) is 1.51. The van der Waals surface area contributed by atoms with Crippen LogP contribution in [0.25, 0.3) is 0 Å². The van der Waals surface area contributed by atoms with Crippen LogP contribution in [0.2, 0.25) is 0 Å². The molecule has 76 valence electrons. The van der Waals surface area contributed by atoms with Crippen molar-refractivity contribution in [3.8, 4) is 0 Å². The third-order valence-electron chi connectivity index (χ3n) is 2.71. The van der Waals surface area contributed by atoms with E-state index in [1.807, 2.05) is 12.4 Å². The van der Waals surface area contributed by atoms with E-state index in [1.165, 1.54) is 24.0 Å². The largest absolute Gasteiger partial charge is 0.306 e. The van der Waals surface area contributed by atoms with Gasteiger partial charge in [-0.25, -0.2) is 0 Å². The fraction of sp³-hybridized carbons (Fsp3) is 0.545. The monoisotopic (exact) mass is 210 g/mol. The molecule has 1 aliphatic carbocycles.